The molecule has 0 amide bonds. The minimum Gasteiger partial charge on any atom is -0.478 e. The van der Waals surface area contributed by atoms with Crippen LogP contribution in [0, 0.1) is 6.92 Å². The number of halogens is 1. The van der Waals surface area contributed by atoms with Crippen LogP contribution in [0.25, 0.3) is 0 Å². The summed E-state index contributed by atoms with van der Waals surface area (Å²) in [6.07, 6.45) is 0. The van der Waals surface area contributed by atoms with Gasteiger partial charge in [-0.3, -0.25) is 10.4 Å². The van der Waals surface area contributed by atoms with E-state index in [0.29, 0.717) is 5.56 Å². The zero-order valence-corrected chi connectivity index (χ0v) is 7.99. The van der Waals surface area contributed by atoms with E-state index in [-0.39, 0.29) is 21.5 Å². The number of aromatic carboxylic acids is 1. The maximum absolute atomic E-state index is 10.7. The third-order valence-corrected chi connectivity index (χ3v) is 2.20. The molecular formula is C8H8ClNO4. The van der Waals surface area contributed by atoms with E-state index >= 15 is 0 Å². The van der Waals surface area contributed by atoms with Gasteiger partial charge < -0.3 is 5.11 Å². The highest BCUT2D eigenvalue weighted by molar-refractivity contribution is 6.34. The molecule has 14 heavy (non-hydrogen) atoms. The summed E-state index contributed by atoms with van der Waals surface area (Å²) >= 11 is 5.70. The number of nitrogens with zero attached hydrogens (tertiary/aromatic N) is 1. The second-order valence-electron chi connectivity index (χ2n) is 2.72. The van der Waals surface area contributed by atoms with Crippen molar-refractivity contribution in [1.82, 2.24) is 0 Å². The van der Waals surface area contributed by atoms with Crippen molar-refractivity contribution in [2.24, 2.45) is 0 Å². The Kier molecular flexibility index (Phi) is 2.95. The minimum absolute atomic E-state index is 0.0516. The van der Waals surface area contributed by atoms with Crippen LogP contribution >= 0.6 is 11.6 Å². The van der Waals surface area contributed by atoms with Crippen molar-refractivity contribution in [3.8, 4) is 0 Å². The number of anilines is 1. The van der Waals surface area contributed by atoms with Gasteiger partial charge >= 0.3 is 5.97 Å². The number of carboxylic acids is 1. The maximum atomic E-state index is 10.7. The van der Waals surface area contributed by atoms with Gasteiger partial charge in [0.2, 0.25) is 0 Å². The number of rotatable bonds is 2. The first-order valence-electron chi connectivity index (χ1n) is 3.65. The van der Waals surface area contributed by atoms with E-state index in [1.165, 1.54) is 6.07 Å². The second-order valence-corrected chi connectivity index (χ2v) is 3.10. The van der Waals surface area contributed by atoms with E-state index in [2.05, 4.69) is 0 Å². The number of benzene rings is 1. The molecule has 0 heterocycles. The molecule has 0 radical (unpaired) electrons. The highest BCUT2D eigenvalue weighted by atomic mass is 35.5. The Hall–Kier alpha value is -1.30. The van der Waals surface area contributed by atoms with Crippen LogP contribution in [0.2, 0.25) is 5.02 Å². The van der Waals surface area contributed by atoms with Crippen LogP contribution in [-0.4, -0.2) is 21.5 Å². The third kappa shape index (κ3) is 1.95. The summed E-state index contributed by atoms with van der Waals surface area (Å²) in [7, 11) is 0. The molecule has 3 N–H and O–H groups in total. The smallest absolute Gasteiger partial charge is 0.337 e. The molecular weight excluding hydrogens is 210 g/mol. The van der Waals surface area contributed by atoms with E-state index in [1.54, 1.807) is 6.92 Å². The predicted octanol–water partition coefficient (Wildman–Crippen LogP) is 1.93. The Morgan fingerprint density at radius 2 is 2.00 bits per heavy atom. The number of hydrogen-bond acceptors (Lipinski definition) is 4. The summed E-state index contributed by atoms with van der Waals surface area (Å²) in [5, 5.41) is 26.1. The fourth-order valence-electron chi connectivity index (χ4n) is 1.02. The van der Waals surface area contributed by atoms with E-state index in [1.807, 2.05) is 0 Å². The zero-order valence-electron chi connectivity index (χ0n) is 7.23. The fraction of sp³-hybridized carbons (Fsp3) is 0.125. The molecule has 5 nitrogen and oxygen atoms in total. The van der Waals surface area contributed by atoms with Crippen molar-refractivity contribution in [3.05, 3.63) is 28.3 Å². The van der Waals surface area contributed by atoms with Crippen molar-refractivity contribution < 1.29 is 20.3 Å². The predicted molar refractivity (Wildman–Crippen MR) is 49.2 cm³/mol. The molecule has 0 atom stereocenters. The van der Waals surface area contributed by atoms with Gasteiger partial charge in [-0.1, -0.05) is 11.6 Å². The molecule has 0 saturated heterocycles. The molecule has 0 aliphatic heterocycles. The van der Waals surface area contributed by atoms with E-state index in [4.69, 9.17) is 27.1 Å². The van der Waals surface area contributed by atoms with E-state index < -0.39 is 5.97 Å². The van der Waals surface area contributed by atoms with Crippen molar-refractivity contribution in [1.29, 1.82) is 0 Å². The van der Waals surface area contributed by atoms with Crippen LogP contribution in [0.5, 0.6) is 0 Å². The van der Waals surface area contributed by atoms with Gasteiger partial charge in [0.05, 0.1) is 16.3 Å². The lowest BCUT2D eigenvalue weighted by Gasteiger charge is -2.11. The molecule has 0 fully saturated rings. The number of aryl methyl sites for hydroxylation is 1. The van der Waals surface area contributed by atoms with Gasteiger partial charge in [0, 0.05) is 0 Å². The molecule has 0 bridgehead atoms. The quantitative estimate of drug-likeness (QED) is 0.660. The summed E-state index contributed by atoms with van der Waals surface area (Å²) in [5.74, 6) is -1.22. The van der Waals surface area contributed by atoms with Gasteiger partial charge in [-0.15, -0.1) is 5.23 Å². The van der Waals surface area contributed by atoms with Crippen LogP contribution in [-0.2, 0) is 0 Å². The van der Waals surface area contributed by atoms with Crippen LogP contribution in [0.4, 0.5) is 5.69 Å². The molecule has 0 saturated carbocycles. The summed E-state index contributed by atoms with van der Waals surface area (Å²) in [4.78, 5) is 10.7. The summed E-state index contributed by atoms with van der Waals surface area (Å²) < 4.78 is 0. The van der Waals surface area contributed by atoms with Crippen LogP contribution < -0.4 is 5.23 Å². The Bertz CT molecular complexity index is 378. The standard InChI is InChI=1S/C8H8ClNO4/c1-4-2-5(10(13)14)3-6(7(4)9)8(11)12/h2-3,13-14H,1H3,(H,11,12). The number of carbonyl (C=O) groups is 1. The summed E-state index contributed by atoms with van der Waals surface area (Å²) in [6.45, 7) is 1.57. The molecule has 0 unspecified atom stereocenters. The second kappa shape index (κ2) is 3.83. The minimum atomic E-state index is -1.22. The van der Waals surface area contributed by atoms with Crippen LogP contribution in [0.1, 0.15) is 15.9 Å². The molecule has 0 aromatic heterocycles. The molecule has 0 spiro atoms. The summed E-state index contributed by atoms with van der Waals surface area (Å²) in [6, 6.07) is 2.42. The van der Waals surface area contributed by atoms with Crippen molar-refractivity contribution in [3.63, 3.8) is 0 Å². The average molecular weight is 218 g/mol. The Labute approximate surface area is 84.7 Å². The molecule has 1 rings (SSSR count). The Balaban J connectivity index is 3.35. The van der Waals surface area contributed by atoms with Crippen molar-refractivity contribution >= 4 is 23.3 Å². The normalized spacial score (nSPS) is 10.0. The fourth-order valence-corrected chi connectivity index (χ4v) is 1.21. The van der Waals surface area contributed by atoms with Crippen LogP contribution in [0.3, 0.4) is 0 Å². The molecule has 1 aromatic carbocycles. The van der Waals surface area contributed by atoms with E-state index in [0.717, 1.165) is 6.07 Å². The molecule has 1 aromatic rings. The first kappa shape index (κ1) is 10.8. The molecule has 0 aliphatic rings. The lowest BCUT2D eigenvalue weighted by molar-refractivity contribution is 0.0291. The monoisotopic (exact) mass is 217 g/mol. The highest BCUT2D eigenvalue weighted by Crippen LogP contribution is 2.26. The first-order chi connectivity index (χ1) is 6.43. The lowest BCUT2D eigenvalue weighted by atomic mass is 10.1. The van der Waals surface area contributed by atoms with Gasteiger partial charge in [0.25, 0.3) is 0 Å². The van der Waals surface area contributed by atoms with Gasteiger partial charge in [-0.05, 0) is 24.6 Å². The third-order valence-electron chi connectivity index (χ3n) is 1.70. The highest BCUT2D eigenvalue weighted by Gasteiger charge is 2.14. The Morgan fingerprint density at radius 1 is 1.43 bits per heavy atom. The first-order valence-corrected chi connectivity index (χ1v) is 4.02. The van der Waals surface area contributed by atoms with Gasteiger partial charge in [-0.25, -0.2) is 4.79 Å². The SMILES string of the molecule is Cc1cc(N(O)O)cc(C(=O)O)c1Cl. The van der Waals surface area contributed by atoms with Crippen molar-refractivity contribution in [2.75, 3.05) is 5.23 Å². The Morgan fingerprint density at radius 3 is 2.43 bits per heavy atom. The maximum Gasteiger partial charge on any atom is 0.337 e. The molecule has 0 aliphatic carbocycles. The lowest BCUT2D eigenvalue weighted by Crippen LogP contribution is -2.12. The van der Waals surface area contributed by atoms with E-state index in [9.17, 15) is 4.79 Å². The van der Waals surface area contributed by atoms with Gasteiger partial charge in [0.15, 0.2) is 0 Å². The molecule has 6 heteroatoms. The topological polar surface area (TPSA) is 81.0 Å². The number of hydrogen-bond donors (Lipinski definition) is 3. The average Bonchev–Trinajstić information content (AvgIpc) is 2.08. The summed E-state index contributed by atoms with van der Waals surface area (Å²) in [5.41, 5.74) is 0.230. The zero-order chi connectivity index (χ0) is 10.9. The van der Waals surface area contributed by atoms with Crippen molar-refractivity contribution in [2.45, 2.75) is 6.92 Å². The number of carboxylic acid groups (broad SMARTS) is 1. The van der Waals surface area contributed by atoms with Gasteiger partial charge in [0.1, 0.15) is 0 Å². The molecule has 76 valence electrons. The van der Waals surface area contributed by atoms with Gasteiger partial charge in [-0.2, -0.15) is 0 Å². The van der Waals surface area contributed by atoms with Crippen LogP contribution in [0.15, 0.2) is 12.1 Å². The largest absolute Gasteiger partial charge is 0.478 e.